The van der Waals surface area contributed by atoms with E-state index >= 15 is 0 Å². The van der Waals surface area contributed by atoms with E-state index in [-0.39, 0.29) is 132 Å². The van der Waals surface area contributed by atoms with Gasteiger partial charge in [0.15, 0.2) is 46.0 Å². The molecule has 4 aromatic rings. The number of carbonyl (C=O) groups excluding carboxylic acids is 4. The Bertz CT molecular complexity index is 7400. The number of carbonyl (C=O) groups is 4. The number of ether oxygens (including phenoxy) is 12. The van der Waals surface area contributed by atoms with Gasteiger partial charge in [0, 0.05) is 197 Å². The Morgan fingerprint density at radius 3 is 0.925 bits per heavy atom. The highest BCUT2D eigenvalue weighted by Crippen LogP contribution is 2.50. The van der Waals surface area contributed by atoms with Crippen molar-refractivity contribution in [2.24, 2.45) is 93.8 Å². The summed E-state index contributed by atoms with van der Waals surface area (Å²) in [6, 6.07) is -25.7. The van der Waals surface area contributed by atoms with Gasteiger partial charge in [-0.3, -0.25) is 38.8 Å². The molecule has 4 aromatic carbocycles. The van der Waals surface area contributed by atoms with Crippen molar-refractivity contribution in [3.8, 4) is 46.0 Å². The standard InChI is InChI=1S/4C24H38N2O4/c4*1-14(2)9-17-13-26-8-7-16-10-21(28-5)22(29-6)11-18(16)19(26)12-20(17)30-24(27)23(25)15(3)4/h4*10-11,14-15,17,19-20,23H,7-9,12-13,25H2,1-6H3/t4*17?,19?,20?,23-/m0000/s1/i1D3,3D3,4D3,5D3,9D2,10D,11D,14D,15D,20D,23D;1D3,3D3,4D3,5D3,9D2,10D,11D,14D,15D,19D,23D;1D3,3D3,4D3,9D2,10D,11D,14D,15D,20D,23D;1D3,3D3,4D3,9D2,10D,11D,14D,15D,19D,23D/t4*14?,17?,19?,20?,23-. The number of esters is 4. The van der Waals surface area contributed by atoms with Crippen molar-refractivity contribution in [1.82, 2.24) is 19.6 Å². The molecule has 4 saturated heterocycles. The third-order valence-corrected chi connectivity index (χ3v) is 20.4. The van der Waals surface area contributed by atoms with Gasteiger partial charge in [-0.15, -0.1) is 0 Å². The smallest absolute Gasteiger partial charge is 0.323 e. The third-order valence-electron chi connectivity index (χ3n) is 20.4. The zero-order valence-corrected chi connectivity index (χ0v) is 67.6. The summed E-state index contributed by atoms with van der Waals surface area (Å²) in [6.07, 6.45) is -26.3. The monoisotopic (exact) mass is 1750 g/mol. The molecule has 24 heteroatoms. The molecule has 8 heterocycles. The maximum Gasteiger partial charge on any atom is 0.323 e. The normalized spacial score (nSPS) is 41.7. The number of nitrogens with two attached hydrogens (primary N) is 4. The average molecular weight is 1750 g/mol. The van der Waals surface area contributed by atoms with Crippen LogP contribution >= 0.6 is 0 Å². The average Bonchev–Trinajstić information content (AvgIpc) is 0.707. The Morgan fingerprint density at radius 1 is 0.375 bits per heavy atom. The van der Waals surface area contributed by atoms with Crippen molar-refractivity contribution in [1.29, 1.82) is 0 Å². The first-order valence-electron chi connectivity index (χ1n) is 74.2. The van der Waals surface area contributed by atoms with Crippen molar-refractivity contribution in [2.75, 3.05) is 109 Å². The Hall–Kier alpha value is -7.16. The van der Waals surface area contributed by atoms with Gasteiger partial charge >= 0.3 is 23.9 Å². The van der Waals surface area contributed by atoms with E-state index in [1.54, 1.807) is 4.90 Å². The predicted octanol–water partition coefficient (Wildman–Crippen LogP) is 14.3. The van der Waals surface area contributed by atoms with Crippen LogP contribution in [0, 0.1) is 70.8 Å². The van der Waals surface area contributed by atoms with Crippen LogP contribution in [0.4, 0.5) is 0 Å². The van der Waals surface area contributed by atoms with Gasteiger partial charge in [0.2, 0.25) is 0 Å². The van der Waals surface area contributed by atoms with Crippen LogP contribution in [0.5, 0.6) is 46.0 Å². The van der Waals surface area contributed by atoms with E-state index in [1.165, 1.54) is 43.1 Å². The number of nitrogens with zero attached hydrogens (tertiary/aromatic N) is 4. The molecule has 120 heavy (non-hydrogen) atoms. The number of benzene rings is 4. The van der Waals surface area contributed by atoms with E-state index in [0.29, 0.717) is 5.56 Å². The molecular formula is C96H152N8O16. The Kier molecular flexibility index (Phi) is 13.6. The second-order valence-electron chi connectivity index (χ2n) is 28.3. The van der Waals surface area contributed by atoms with Crippen LogP contribution in [0.1, 0.15) is 331 Å². The summed E-state index contributed by atoms with van der Waals surface area (Å²) < 4.78 is 667. The van der Waals surface area contributed by atoms with E-state index in [2.05, 4.69) is 0 Å². The molecule has 0 aromatic heterocycles. The van der Waals surface area contributed by atoms with Crippen molar-refractivity contribution in [3.05, 3.63) is 92.8 Å². The number of hydrogen-bond acceptors (Lipinski definition) is 24. The van der Waals surface area contributed by atoms with Crippen LogP contribution in [0.25, 0.3) is 0 Å². The largest absolute Gasteiger partial charge is 0.493 e. The van der Waals surface area contributed by atoms with Gasteiger partial charge in [0.25, 0.3) is 0 Å². The van der Waals surface area contributed by atoms with Gasteiger partial charge in [-0.25, -0.2) is 0 Å². The topological polar surface area (TPSA) is 296 Å². The lowest BCUT2D eigenvalue weighted by Gasteiger charge is -2.47. The van der Waals surface area contributed by atoms with Gasteiger partial charge in [0.1, 0.15) is 48.4 Å². The summed E-state index contributed by atoms with van der Waals surface area (Å²) in [5, 5.41) is 0. The maximum absolute atomic E-state index is 13.7. The van der Waals surface area contributed by atoms with E-state index in [4.69, 9.17) is 176 Å². The molecule has 0 spiro atoms. The van der Waals surface area contributed by atoms with E-state index < -0.39 is 394 Å². The lowest BCUT2D eigenvalue weighted by atomic mass is 9.79. The van der Waals surface area contributed by atoms with Crippen LogP contribution in [-0.2, 0) is 63.8 Å². The minimum atomic E-state index is -4.07. The van der Waals surface area contributed by atoms with Crippen LogP contribution in [-0.4, -0.2) is 201 Å². The van der Waals surface area contributed by atoms with Gasteiger partial charge in [-0.1, -0.05) is 110 Å². The van der Waals surface area contributed by atoms with Crippen molar-refractivity contribution >= 4 is 23.9 Å². The first-order chi connectivity index (χ1) is 85.9. The zero-order chi connectivity index (χ0) is 152. The molecule has 12 rings (SSSR count). The molecule has 16 unspecified atom stereocenters. The van der Waals surface area contributed by atoms with Gasteiger partial charge < -0.3 is 79.8 Å². The summed E-state index contributed by atoms with van der Waals surface area (Å²) in [6.45, 7) is -44.1. The first-order valence-corrected chi connectivity index (χ1v) is 37.2. The minimum Gasteiger partial charge on any atom is -0.493 e. The number of fused-ring (bicyclic) bond motifs is 12. The second kappa shape index (κ2) is 43.9. The molecule has 8 aliphatic rings. The highest BCUT2D eigenvalue weighted by Gasteiger charge is 2.47. The Balaban J connectivity index is 0.000000281. The number of piperidine rings is 4. The Labute approximate surface area is 822 Å². The molecule has 0 saturated carbocycles. The second-order valence-corrected chi connectivity index (χ2v) is 28.3. The summed E-state index contributed by atoms with van der Waals surface area (Å²) in [7, 11) is 0.918. The lowest BCUT2D eigenvalue weighted by Crippen LogP contribution is -2.51. The fourth-order valence-corrected chi connectivity index (χ4v) is 14.9. The molecule has 0 aliphatic carbocycles. The fraction of sp³-hybridized carbons (Fsp3) is 0.708. The van der Waals surface area contributed by atoms with Gasteiger partial charge in [0.05, 0.1) is 86.9 Å². The Morgan fingerprint density at radius 2 is 0.633 bits per heavy atom. The van der Waals surface area contributed by atoms with Crippen molar-refractivity contribution in [3.63, 3.8) is 0 Å². The molecule has 0 amide bonds. The van der Waals surface area contributed by atoms with Crippen molar-refractivity contribution in [2.45, 2.75) is 259 Å². The quantitative estimate of drug-likeness (QED) is 0.0303. The molecule has 20 atom stereocenters. The highest BCUT2D eigenvalue weighted by atomic mass is 16.6. The minimum absolute atomic E-state index is 0.0414. The van der Waals surface area contributed by atoms with E-state index in [9.17, 15) is 24.7 Å². The van der Waals surface area contributed by atoms with Crippen LogP contribution in [0.15, 0.2) is 48.3 Å². The fourth-order valence-electron chi connectivity index (χ4n) is 14.9. The molecule has 8 N–H and O–H groups in total. The molecule has 24 nitrogen and oxygen atoms in total. The SMILES string of the molecule is [2H]c1c2c(c([2H])c(OC)c1OC([2H])([2H])[2H])C1([2H])CC(OC(=O)[C@@]([2H])(N)C([2H])(C([2H])([2H])[2H])C([2H])([2H])[2H])C(C([2H])([2H])C([2H])(C)C([2H])([2H])[2H])CN1CC2.[2H]c1c2c(c([2H])c(OC)c1OC([2H])([2H])[2H])C1CC([2H])(OC(=O)[C@@]([2H])(N)C([2H])(C([2H])([2H])[2H])C([2H])([2H])[2H])C(C([2H])([2H])C([2H])(C)C([2H])([2H])[2H])CN1CC2.[2H]c1c2c(c([2H])c(OC)c1OC)C1([2H])CC(OC(=O)[C@@]([2H])(N)C([2H])(C([2H])([2H])[2H])C([2H])([2H])[2H])C(C([2H])([2H])C([2H])(C)C([2H])([2H])[2H])CN1CC2.[2H]c1c2c(c([2H])c(OC)c1OC)C1CC([2H])(OC(=O)[C@@]([2H])(N)C([2H])(C([2H])([2H])[2H])C([2H])([2H])[2H])C(C([2H])([2H])C([2H])(C)C([2H])([2H])[2H])CN1CC2. The van der Waals surface area contributed by atoms with Crippen LogP contribution < -0.4 is 60.8 Å². The maximum atomic E-state index is 13.7. The lowest BCUT2D eigenvalue weighted by molar-refractivity contribution is -0.161. The van der Waals surface area contributed by atoms with E-state index in [0.717, 1.165) is 41.9 Å². The summed E-state index contributed by atoms with van der Waals surface area (Å²) in [4.78, 5) is 60.2. The van der Waals surface area contributed by atoms with Gasteiger partial charge in [-0.05, 0) is 191 Å². The first kappa shape index (κ1) is 37.2. The van der Waals surface area contributed by atoms with Gasteiger partial charge in [-0.2, -0.15) is 0 Å². The summed E-state index contributed by atoms with van der Waals surface area (Å²) in [5.74, 6) is -47.1. The molecule has 8 aliphatic heterocycles. The zero-order valence-electron chi connectivity index (χ0n) is 142. The molecule has 672 valence electrons. The molecule has 0 bridgehead atoms. The number of methoxy groups -OCH3 is 8. The highest BCUT2D eigenvalue weighted by molar-refractivity contribution is 5.77. The summed E-state index contributed by atoms with van der Waals surface area (Å²) in [5.41, 5.74) is 22.9. The molecular weight excluding hydrogens is 1520 g/mol. The number of hydrogen-bond donors (Lipinski definition) is 4. The van der Waals surface area contributed by atoms with E-state index in [1.807, 2.05) is 0 Å². The number of rotatable bonds is 28. The third kappa shape index (κ3) is 23.8. The van der Waals surface area contributed by atoms with Crippen LogP contribution in [0.2, 0.25) is 0 Å². The molecule has 0 radical (unpaired) electrons. The molecule has 4 fully saturated rings. The van der Waals surface area contributed by atoms with Crippen molar-refractivity contribution < 1.29 is 177 Å². The van der Waals surface area contributed by atoms with Crippen LogP contribution in [0.3, 0.4) is 0 Å². The predicted molar refractivity (Wildman–Crippen MR) is 471 cm³/mol. The summed E-state index contributed by atoms with van der Waals surface area (Å²) >= 11 is 0.